The summed E-state index contributed by atoms with van der Waals surface area (Å²) in [5.41, 5.74) is 1.85. The molecule has 2 saturated heterocycles. The zero-order chi connectivity index (χ0) is 13.9. The SMILES string of the molecule is O=C1CCCN1Cc1ccc(C(=O)N2CCCC2)cc1. The monoisotopic (exact) mass is 272 g/mol. The molecule has 3 rings (SSSR count). The van der Waals surface area contributed by atoms with Gasteiger partial charge < -0.3 is 9.80 Å². The second-order valence-corrected chi connectivity index (χ2v) is 5.62. The van der Waals surface area contributed by atoms with Gasteiger partial charge in [-0.05, 0) is 37.0 Å². The standard InChI is InChI=1S/C16H20N2O2/c19-15-4-3-11-18(15)12-13-5-7-14(8-6-13)16(20)17-9-1-2-10-17/h5-8H,1-4,9-12H2. The zero-order valence-corrected chi connectivity index (χ0v) is 11.7. The third-order valence-electron chi connectivity index (χ3n) is 4.14. The highest BCUT2D eigenvalue weighted by molar-refractivity contribution is 5.94. The Morgan fingerprint density at radius 2 is 1.70 bits per heavy atom. The Bertz CT molecular complexity index is 504. The first-order chi connectivity index (χ1) is 9.74. The van der Waals surface area contributed by atoms with Crippen LogP contribution < -0.4 is 0 Å². The lowest BCUT2D eigenvalue weighted by molar-refractivity contribution is -0.128. The van der Waals surface area contributed by atoms with Crippen LogP contribution in [-0.2, 0) is 11.3 Å². The van der Waals surface area contributed by atoms with Crippen molar-refractivity contribution < 1.29 is 9.59 Å². The summed E-state index contributed by atoms with van der Waals surface area (Å²) < 4.78 is 0. The van der Waals surface area contributed by atoms with Crippen molar-refractivity contribution >= 4 is 11.8 Å². The predicted molar refractivity (Wildman–Crippen MR) is 76.2 cm³/mol. The van der Waals surface area contributed by atoms with Crippen LogP contribution in [0, 0.1) is 0 Å². The summed E-state index contributed by atoms with van der Waals surface area (Å²) >= 11 is 0. The van der Waals surface area contributed by atoms with Gasteiger partial charge in [0.15, 0.2) is 0 Å². The van der Waals surface area contributed by atoms with E-state index in [1.807, 2.05) is 34.1 Å². The maximum absolute atomic E-state index is 12.2. The van der Waals surface area contributed by atoms with Gasteiger partial charge in [0, 0.05) is 38.2 Å². The van der Waals surface area contributed by atoms with E-state index in [9.17, 15) is 9.59 Å². The molecule has 4 nitrogen and oxygen atoms in total. The first-order valence-electron chi connectivity index (χ1n) is 7.40. The van der Waals surface area contributed by atoms with Crippen molar-refractivity contribution in [1.82, 2.24) is 9.80 Å². The Labute approximate surface area is 119 Å². The van der Waals surface area contributed by atoms with Gasteiger partial charge in [0.2, 0.25) is 5.91 Å². The van der Waals surface area contributed by atoms with E-state index < -0.39 is 0 Å². The van der Waals surface area contributed by atoms with Crippen LogP contribution in [0.2, 0.25) is 0 Å². The van der Waals surface area contributed by atoms with E-state index in [2.05, 4.69) is 0 Å². The largest absolute Gasteiger partial charge is 0.339 e. The second kappa shape index (κ2) is 5.65. The van der Waals surface area contributed by atoms with Gasteiger partial charge in [-0.3, -0.25) is 9.59 Å². The summed E-state index contributed by atoms with van der Waals surface area (Å²) in [5, 5.41) is 0. The molecule has 0 radical (unpaired) electrons. The fourth-order valence-electron chi connectivity index (χ4n) is 2.95. The molecule has 4 heteroatoms. The molecule has 0 unspecified atom stereocenters. The van der Waals surface area contributed by atoms with Crippen molar-refractivity contribution in [3.05, 3.63) is 35.4 Å². The highest BCUT2D eigenvalue weighted by Gasteiger charge is 2.21. The summed E-state index contributed by atoms with van der Waals surface area (Å²) in [6.45, 7) is 3.27. The smallest absolute Gasteiger partial charge is 0.253 e. The molecule has 20 heavy (non-hydrogen) atoms. The number of carbonyl (C=O) groups is 2. The molecule has 2 fully saturated rings. The highest BCUT2D eigenvalue weighted by atomic mass is 16.2. The van der Waals surface area contributed by atoms with E-state index >= 15 is 0 Å². The molecule has 0 aliphatic carbocycles. The Hall–Kier alpha value is -1.84. The third kappa shape index (κ3) is 2.69. The Kier molecular flexibility index (Phi) is 3.72. The van der Waals surface area contributed by atoms with Crippen LogP contribution in [0.25, 0.3) is 0 Å². The number of benzene rings is 1. The molecule has 1 aromatic rings. The summed E-state index contributed by atoms with van der Waals surface area (Å²) in [4.78, 5) is 27.6. The Morgan fingerprint density at radius 3 is 2.30 bits per heavy atom. The number of likely N-dealkylation sites (tertiary alicyclic amines) is 2. The third-order valence-corrected chi connectivity index (χ3v) is 4.14. The van der Waals surface area contributed by atoms with E-state index in [1.54, 1.807) is 0 Å². The van der Waals surface area contributed by atoms with Gasteiger partial charge in [-0.1, -0.05) is 12.1 Å². The van der Waals surface area contributed by atoms with Crippen LogP contribution in [0.1, 0.15) is 41.6 Å². The minimum absolute atomic E-state index is 0.131. The van der Waals surface area contributed by atoms with Crippen molar-refractivity contribution in [1.29, 1.82) is 0 Å². The van der Waals surface area contributed by atoms with Crippen LogP contribution in [0.5, 0.6) is 0 Å². The van der Waals surface area contributed by atoms with Crippen molar-refractivity contribution in [2.45, 2.75) is 32.2 Å². The normalized spacial score (nSPS) is 18.9. The second-order valence-electron chi connectivity index (χ2n) is 5.62. The fraction of sp³-hybridized carbons (Fsp3) is 0.500. The molecule has 0 N–H and O–H groups in total. The molecule has 0 aromatic heterocycles. The molecular formula is C16H20N2O2. The molecule has 0 bridgehead atoms. The summed E-state index contributed by atoms with van der Waals surface area (Å²) in [5.74, 6) is 0.369. The molecule has 2 aliphatic rings. The number of nitrogens with zero attached hydrogens (tertiary/aromatic N) is 2. The van der Waals surface area contributed by atoms with Crippen LogP contribution in [-0.4, -0.2) is 41.2 Å². The Balaban J connectivity index is 1.64. The van der Waals surface area contributed by atoms with Crippen molar-refractivity contribution in [2.24, 2.45) is 0 Å². The van der Waals surface area contributed by atoms with Crippen LogP contribution in [0.4, 0.5) is 0 Å². The molecule has 0 atom stereocenters. The van der Waals surface area contributed by atoms with Crippen LogP contribution in [0.3, 0.4) is 0 Å². The molecule has 106 valence electrons. The van der Waals surface area contributed by atoms with Gasteiger partial charge in [-0.25, -0.2) is 0 Å². The van der Waals surface area contributed by atoms with Gasteiger partial charge in [-0.15, -0.1) is 0 Å². The van der Waals surface area contributed by atoms with Crippen molar-refractivity contribution in [2.75, 3.05) is 19.6 Å². The molecule has 1 aromatic carbocycles. The first kappa shape index (κ1) is 13.2. The minimum atomic E-state index is 0.131. The van der Waals surface area contributed by atoms with Gasteiger partial charge in [0.25, 0.3) is 5.91 Å². The lowest BCUT2D eigenvalue weighted by Gasteiger charge is -2.17. The first-order valence-corrected chi connectivity index (χ1v) is 7.40. The van der Waals surface area contributed by atoms with E-state index in [0.717, 1.165) is 50.0 Å². The van der Waals surface area contributed by atoms with E-state index in [1.165, 1.54) is 0 Å². The number of hydrogen-bond acceptors (Lipinski definition) is 2. The lowest BCUT2D eigenvalue weighted by Crippen LogP contribution is -2.27. The summed E-state index contributed by atoms with van der Waals surface area (Å²) in [7, 11) is 0. The topological polar surface area (TPSA) is 40.6 Å². The number of amides is 2. The van der Waals surface area contributed by atoms with Crippen molar-refractivity contribution in [3.63, 3.8) is 0 Å². The molecule has 0 spiro atoms. The van der Waals surface area contributed by atoms with E-state index in [0.29, 0.717) is 13.0 Å². The molecule has 2 heterocycles. The minimum Gasteiger partial charge on any atom is -0.339 e. The van der Waals surface area contributed by atoms with Gasteiger partial charge in [0.1, 0.15) is 0 Å². The highest BCUT2D eigenvalue weighted by Crippen LogP contribution is 2.16. The van der Waals surface area contributed by atoms with Crippen LogP contribution in [0.15, 0.2) is 24.3 Å². The predicted octanol–water partition coefficient (Wildman–Crippen LogP) is 2.04. The molecule has 2 amide bonds. The summed E-state index contributed by atoms with van der Waals surface area (Å²) in [6.07, 6.45) is 3.86. The Morgan fingerprint density at radius 1 is 1.00 bits per heavy atom. The van der Waals surface area contributed by atoms with E-state index in [-0.39, 0.29) is 11.8 Å². The van der Waals surface area contributed by atoms with Gasteiger partial charge in [-0.2, -0.15) is 0 Å². The quantitative estimate of drug-likeness (QED) is 0.845. The lowest BCUT2D eigenvalue weighted by atomic mass is 10.1. The fourth-order valence-corrected chi connectivity index (χ4v) is 2.95. The molecular weight excluding hydrogens is 252 g/mol. The van der Waals surface area contributed by atoms with E-state index in [4.69, 9.17) is 0 Å². The molecule has 0 saturated carbocycles. The summed E-state index contributed by atoms with van der Waals surface area (Å²) in [6, 6.07) is 7.71. The van der Waals surface area contributed by atoms with Crippen molar-refractivity contribution in [3.8, 4) is 0 Å². The average molecular weight is 272 g/mol. The molecule has 2 aliphatic heterocycles. The maximum Gasteiger partial charge on any atom is 0.253 e. The number of hydrogen-bond donors (Lipinski definition) is 0. The van der Waals surface area contributed by atoms with Gasteiger partial charge >= 0.3 is 0 Å². The number of carbonyl (C=O) groups excluding carboxylic acids is 2. The average Bonchev–Trinajstić information content (AvgIpc) is 3.12. The van der Waals surface area contributed by atoms with Gasteiger partial charge in [0.05, 0.1) is 0 Å². The van der Waals surface area contributed by atoms with Crippen LogP contribution >= 0.6 is 0 Å². The zero-order valence-electron chi connectivity index (χ0n) is 11.7. The number of rotatable bonds is 3. The maximum atomic E-state index is 12.2.